The SMILES string of the molecule is Cc1nc(S(=O)(=O)NCC(C)(O)CC(=O)O)cn1C. The van der Waals surface area contributed by atoms with Crippen LogP contribution in [0.1, 0.15) is 19.2 Å². The summed E-state index contributed by atoms with van der Waals surface area (Å²) in [6.45, 7) is 2.49. The largest absolute Gasteiger partial charge is 0.481 e. The Balaban J connectivity index is 2.79. The Morgan fingerprint density at radius 1 is 1.58 bits per heavy atom. The maximum absolute atomic E-state index is 11.9. The lowest BCUT2D eigenvalue weighted by atomic mass is 10.0. The number of hydrogen-bond acceptors (Lipinski definition) is 5. The molecule has 8 nitrogen and oxygen atoms in total. The second-order valence-corrected chi connectivity index (χ2v) is 6.34. The highest BCUT2D eigenvalue weighted by atomic mass is 32.2. The molecule has 0 radical (unpaired) electrons. The van der Waals surface area contributed by atoms with E-state index in [4.69, 9.17) is 5.11 Å². The highest BCUT2D eigenvalue weighted by Crippen LogP contribution is 2.11. The van der Waals surface area contributed by atoms with Crippen molar-refractivity contribution < 1.29 is 23.4 Å². The van der Waals surface area contributed by atoms with Crippen LogP contribution in [0.5, 0.6) is 0 Å². The van der Waals surface area contributed by atoms with Gasteiger partial charge in [0.25, 0.3) is 10.0 Å². The van der Waals surface area contributed by atoms with Gasteiger partial charge in [0.2, 0.25) is 0 Å². The number of rotatable bonds is 6. The maximum atomic E-state index is 11.9. The molecule has 1 aromatic rings. The molecule has 108 valence electrons. The van der Waals surface area contributed by atoms with Crippen molar-refractivity contribution in [2.45, 2.75) is 30.9 Å². The summed E-state index contributed by atoms with van der Waals surface area (Å²) in [6.07, 6.45) is 0.778. The number of aryl methyl sites for hydroxylation is 2. The summed E-state index contributed by atoms with van der Waals surface area (Å²) < 4.78 is 27.5. The van der Waals surface area contributed by atoms with Crippen LogP contribution >= 0.6 is 0 Å². The van der Waals surface area contributed by atoms with Crippen molar-refractivity contribution in [2.75, 3.05) is 6.54 Å². The molecule has 0 amide bonds. The van der Waals surface area contributed by atoms with Gasteiger partial charge in [-0.05, 0) is 13.8 Å². The van der Waals surface area contributed by atoms with Crippen molar-refractivity contribution in [2.24, 2.45) is 7.05 Å². The van der Waals surface area contributed by atoms with Crippen LogP contribution in [0.25, 0.3) is 0 Å². The fraction of sp³-hybridized carbons (Fsp3) is 0.600. The molecule has 1 unspecified atom stereocenters. The monoisotopic (exact) mass is 291 g/mol. The first kappa shape index (κ1) is 15.6. The zero-order chi connectivity index (χ0) is 14.8. The highest BCUT2D eigenvalue weighted by molar-refractivity contribution is 7.89. The molecule has 19 heavy (non-hydrogen) atoms. The lowest BCUT2D eigenvalue weighted by molar-refractivity contribution is -0.141. The molecule has 1 heterocycles. The van der Waals surface area contributed by atoms with Gasteiger partial charge in [0.15, 0.2) is 5.03 Å². The number of carbonyl (C=O) groups is 1. The number of aliphatic hydroxyl groups is 1. The van der Waals surface area contributed by atoms with E-state index in [0.717, 1.165) is 0 Å². The van der Waals surface area contributed by atoms with Crippen molar-refractivity contribution in [1.82, 2.24) is 14.3 Å². The maximum Gasteiger partial charge on any atom is 0.306 e. The van der Waals surface area contributed by atoms with Gasteiger partial charge in [0.05, 0.1) is 12.0 Å². The number of aliphatic carboxylic acids is 1. The fourth-order valence-electron chi connectivity index (χ4n) is 1.37. The van der Waals surface area contributed by atoms with Crippen LogP contribution in [-0.4, -0.2) is 46.3 Å². The molecule has 1 atom stereocenters. The molecule has 1 aromatic heterocycles. The molecule has 0 saturated carbocycles. The molecule has 0 bridgehead atoms. The number of imidazole rings is 1. The number of hydrogen-bond donors (Lipinski definition) is 3. The second-order valence-electron chi connectivity index (χ2n) is 4.63. The van der Waals surface area contributed by atoms with Crippen LogP contribution in [0.3, 0.4) is 0 Å². The Kier molecular flexibility index (Phi) is 4.33. The summed E-state index contributed by atoms with van der Waals surface area (Å²) in [7, 11) is -2.21. The van der Waals surface area contributed by atoms with E-state index in [1.165, 1.54) is 13.1 Å². The first-order chi connectivity index (χ1) is 8.53. The Labute approximate surface area is 111 Å². The fourth-order valence-corrected chi connectivity index (χ4v) is 2.57. The zero-order valence-corrected chi connectivity index (χ0v) is 11.7. The van der Waals surface area contributed by atoms with Crippen LogP contribution in [0, 0.1) is 6.92 Å². The minimum Gasteiger partial charge on any atom is -0.481 e. The topological polar surface area (TPSA) is 122 Å². The average Bonchev–Trinajstić information content (AvgIpc) is 2.56. The van der Waals surface area contributed by atoms with Crippen molar-refractivity contribution >= 4 is 16.0 Å². The van der Waals surface area contributed by atoms with E-state index in [2.05, 4.69) is 9.71 Å². The molecule has 3 N–H and O–H groups in total. The number of carboxylic acid groups (broad SMARTS) is 1. The van der Waals surface area contributed by atoms with Crippen molar-refractivity contribution in [3.63, 3.8) is 0 Å². The molecule has 0 aliphatic carbocycles. The predicted molar refractivity (Wildman–Crippen MR) is 66.0 cm³/mol. The number of nitrogens with one attached hydrogen (secondary N) is 1. The van der Waals surface area contributed by atoms with Crippen LogP contribution < -0.4 is 4.72 Å². The smallest absolute Gasteiger partial charge is 0.306 e. The van der Waals surface area contributed by atoms with Gasteiger partial charge in [-0.15, -0.1) is 0 Å². The Bertz CT molecular complexity index is 556. The third-order valence-corrected chi connectivity index (χ3v) is 3.81. The first-order valence-corrected chi connectivity index (χ1v) is 6.96. The molecule has 1 rings (SSSR count). The van der Waals surface area contributed by atoms with E-state index in [-0.39, 0.29) is 5.03 Å². The van der Waals surface area contributed by atoms with E-state index >= 15 is 0 Å². The third kappa shape index (κ3) is 4.30. The van der Waals surface area contributed by atoms with Gasteiger partial charge in [-0.1, -0.05) is 0 Å². The van der Waals surface area contributed by atoms with E-state index in [1.54, 1.807) is 18.5 Å². The predicted octanol–water partition coefficient (Wildman–Crippen LogP) is -0.767. The normalized spacial score (nSPS) is 15.2. The van der Waals surface area contributed by atoms with Gasteiger partial charge in [0.1, 0.15) is 5.82 Å². The average molecular weight is 291 g/mol. The third-order valence-electron chi connectivity index (χ3n) is 2.54. The van der Waals surface area contributed by atoms with Gasteiger partial charge in [0, 0.05) is 19.8 Å². The Morgan fingerprint density at radius 3 is 2.58 bits per heavy atom. The van der Waals surface area contributed by atoms with Gasteiger partial charge >= 0.3 is 5.97 Å². The summed E-state index contributed by atoms with van der Waals surface area (Å²) in [5.41, 5.74) is -1.66. The van der Waals surface area contributed by atoms with Crippen molar-refractivity contribution in [1.29, 1.82) is 0 Å². The van der Waals surface area contributed by atoms with Crippen LogP contribution in [0.4, 0.5) is 0 Å². The molecule has 0 aromatic carbocycles. The Hall–Kier alpha value is -1.45. The van der Waals surface area contributed by atoms with Crippen LogP contribution in [0.2, 0.25) is 0 Å². The Morgan fingerprint density at radius 2 is 2.16 bits per heavy atom. The zero-order valence-electron chi connectivity index (χ0n) is 10.9. The lowest BCUT2D eigenvalue weighted by Crippen LogP contribution is -2.42. The number of sulfonamides is 1. The number of aromatic nitrogens is 2. The van der Waals surface area contributed by atoms with Crippen molar-refractivity contribution in [3.05, 3.63) is 12.0 Å². The minimum atomic E-state index is -3.87. The number of carboxylic acids is 1. The standard InChI is InChI=1S/C10H17N3O5S/c1-7-12-8(5-13(7)3)19(17,18)11-6-10(2,16)4-9(14)15/h5,11,16H,4,6H2,1-3H3,(H,14,15). The minimum absolute atomic E-state index is 0.168. The first-order valence-electron chi connectivity index (χ1n) is 5.47. The second kappa shape index (κ2) is 5.27. The van der Waals surface area contributed by atoms with Crippen molar-refractivity contribution in [3.8, 4) is 0 Å². The van der Waals surface area contributed by atoms with E-state index in [9.17, 15) is 18.3 Å². The van der Waals surface area contributed by atoms with Gasteiger partial charge in [-0.3, -0.25) is 4.79 Å². The van der Waals surface area contributed by atoms with E-state index in [1.807, 2.05) is 0 Å². The number of nitrogens with zero attached hydrogens (tertiary/aromatic N) is 2. The molecule has 0 spiro atoms. The molecule has 0 aliphatic heterocycles. The molecule has 0 aliphatic rings. The quantitative estimate of drug-likeness (QED) is 0.633. The van der Waals surface area contributed by atoms with Gasteiger partial charge < -0.3 is 14.8 Å². The molecular formula is C10H17N3O5S. The summed E-state index contributed by atoms with van der Waals surface area (Å²) in [5.74, 6) is -0.685. The van der Waals surface area contributed by atoms with Crippen LogP contribution in [-0.2, 0) is 21.9 Å². The van der Waals surface area contributed by atoms with Crippen LogP contribution in [0.15, 0.2) is 11.2 Å². The lowest BCUT2D eigenvalue weighted by Gasteiger charge is -2.20. The molecule has 9 heteroatoms. The highest BCUT2D eigenvalue weighted by Gasteiger charge is 2.28. The van der Waals surface area contributed by atoms with Gasteiger partial charge in [-0.2, -0.15) is 0 Å². The molecule has 0 fully saturated rings. The summed E-state index contributed by atoms with van der Waals surface area (Å²) >= 11 is 0. The van der Waals surface area contributed by atoms with E-state index in [0.29, 0.717) is 5.82 Å². The van der Waals surface area contributed by atoms with E-state index < -0.39 is 34.6 Å². The summed E-state index contributed by atoms with van der Waals surface area (Å²) in [4.78, 5) is 14.4. The summed E-state index contributed by atoms with van der Waals surface area (Å²) in [6, 6.07) is 0. The molecule has 0 saturated heterocycles. The summed E-state index contributed by atoms with van der Waals surface area (Å²) in [5, 5.41) is 18.1. The molecular weight excluding hydrogens is 274 g/mol. The van der Waals surface area contributed by atoms with Gasteiger partial charge in [-0.25, -0.2) is 18.1 Å².